The number of benzene rings is 1. The van der Waals surface area contributed by atoms with Gasteiger partial charge >= 0.3 is 6.18 Å². The number of hydrogen-bond acceptors (Lipinski definition) is 6. The van der Waals surface area contributed by atoms with Gasteiger partial charge in [-0.1, -0.05) is 0 Å². The molecule has 0 saturated heterocycles. The number of alkyl halides is 3. The molecule has 0 amide bonds. The van der Waals surface area contributed by atoms with Crippen molar-refractivity contribution >= 4 is 17.4 Å². The summed E-state index contributed by atoms with van der Waals surface area (Å²) in [6.45, 7) is 0. The van der Waals surface area contributed by atoms with Crippen LogP contribution in [-0.4, -0.2) is 22.0 Å². The van der Waals surface area contributed by atoms with Crippen molar-refractivity contribution in [2.24, 2.45) is 0 Å². The van der Waals surface area contributed by atoms with Crippen LogP contribution in [0.5, 0.6) is 5.75 Å². The Hall–Kier alpha value is -2.10. The van der Waals surface area contributed by atoms with Crippen molar-refractivity contribution in [2.75, 3.05) is 18.7 Å². The van der Waals surface area contributed by atoms with Gasteiger partial charge in [-0.2, -0.15) is 13.2 Å². The van der Waals surface area contributed by atoms with E-state index < -0.39 is 12.0 Å². The van der Waals surface area contributed by atoms with Crippen LogP contribution in [0.4, 0.5) is 18.9 Å². The molecule has 0 atom stereocenters. The zero-order valence-corrected chi connectivity index (χ0v) is 11.0. The Labute approximate surface area is 115 Å². The van der Waals surface area contributed by atoms with Gasteiger partial charge in [0.05, 0.1) is 7.11 Å². The first kappa shape index (κ1) is 14.3. The molecule has 10 heteroatoms. The predicted molar refractivity (Wildman–Crippen MR) is 66.7 cm³/mol. The second kappa shape index (κ2) is 5.12. The van der Waals surface area contributed by atoms with Crippen LogP contribution in [0.1, 0.15) is 5.82 Å². The number of methoxy groups -OCH3 is 1. The maximum atomic E-state index is 12.5. The molecule has 0 fully saturated rings. The number of halogens is 3. The summed E-state index contributed by atoms with van der Waals surface area (Å²) in [5.41, 5.74) is 6.10. The van der Waals surface area contributed by atoms with E-state index in [9.17, 15) is 13.2 Å². The van der Waals surface area contributed by atoms with Crippen molar-refractivity contribution in [1.82, 2.24) is 14.9 Å². The van der Waals surface area contributed by atoms with Gasteiger partial charge in [0.1, 0.15) is 5.75 Å². The highest BCUT2D eigenvalue weighted by atomic mass is 32.2. The van der Waals surface area contributed by atoms with Crippen LogP contribution < -0.4 is 16.3 Å². The first-order valence-electron chi connectivity index (χ1n) is 5.22. The molecule has 0 saturated carbocycles. The average Bonchev–Trinajstić information content (AvgIpc) is 2.73. The maximum absolute atomic E-state index is 12.5. The number of ether oxygens (including phenoxy) is 1. The first-order valence-corrected chi connectivity index (χ1v) is 6.03. The standard InChI is InChI=1S/C10H10F3N5OS/c1-19-5-2-3-7(6(14)4-5)20-9-17-16-8(18(9)15)10(11,12)13/h2-4H,14-15H2,1H3. The van der Waals surface area contributed by atoms with Crippen LogP contribution in [0, 0.1) is 0 Å². The Morgan fingerprint density at radius 3 is 2.50 bits per heavy atom. The van der Waals surface area contributed by atoms with Gasteiger partial charge < -0.3 is 16.3 Å². The van der Waals surface area contributed by atoms with Crippen molar-refractivity contribution in [3.05, 3.63) is 24.0 Å². The topological polar surface area (TPSA) is 92.0 Å². The van der Waals surface area contributed by atoms with Gasteiger partial charge in [0.2, 0.25) is 5.16 Å². The van der Waals surface area contributed by atoms with E-state index in [0.717, 1.165) is 11.8 Å². The molecule has 0 unspecified atom stereocenters. The highest BCUT2D eigenvalue weighted by molar-refractivity contribution is 7.99. The lowest BCUT2D eigenvalue weighted by Gasteiger charge is -2.08. The van der Waals surface area contributed by atoms with E-state index in [4.69, 9.17) is 16.3 Å². The van der Waals surface area contributed by atoms with Crippen molar-refractivity contribution in [1.29, 1.82) is 0 Å². The number of hydrogen-bond donors (Lipinski definition) is 2. The van der Waals surface area contributed by atoms with Crippen molar-refractivity contribution in [3.8, 4) is 5.75 Å². The summed E-state index contributed by atoms with van der Waals surface area (Å²) in [5.74, 6) is 4.60. The summed E-state index contributed by atoms with van der Waals surface area (Å²) in [5, 5.41) is 6.31. The number of nitrogens with zero attached hydrogens (tertiary/aromatic N) is 3. The average molecular weight is 305 g/mol. The van der Waals surface area contributed by atoms with Crippen molar-refractivity contribution in [3.63, 3.8) is 0 Å². The molecule has 0 radical (unpaired) electrons. The fourth-order valence-corrected chi connectivity index (χ4v) is 2.16. The molecule has 1 heterocycles. The van der Waals surface area contributed by atoms with Gasteiger partial charge in [0.25, 0.3) is 5.82 Å². The molecule has 2 rings (SSSR count). The SMILES string of the molecule is COc1ccc(Sc2nnc(C(F)(F)F)n2N)c(N)c1. The molecule has 0 aliphatic carbocycles. The number of rotatable bonds is 3. The summed E-state index contributed by atoms with van der Waals surface area (Å²) in [6.07, 6.45) is -4.66. The van der Waals surface area contributed by atoms with E-state index in [1.807, 2.05) is 0 Å². The lowest BCUT2D eigenvalue weighted by molar-refractivity contribution is -0.146. The van der Waals surface area contributed by atoms with E-state index in [2.05, 4.69) is 10.2 Å². The van der Waals surface area contributed by atoms with Gasteiger partial charge in [-0.3, -0.25) is 0 Å². The molecule has 1 aromatic heterocycles. The highest BCUT2D eigenvalue weighted by Gasteiger charge is 2.38. The number of anilines is 1. The van der Waals surface area contributed by atoms with Crippen LogP contribution in [0.3, 0.4) is 0 Å². The second-order valence-electron chi connectivity index (χ2n) is 3.68. The summed E-state index contributed by atoms with van der Waals surface area (Å²) in [6, 6.07) is 4.77. The molecular weight excluding hydrogens is 295 g/mol. The molecule has 0 aliphatic rings. The van der Waals surface area contributed by atoms with Crippen LogP contribution in [0.25, 0.3) is 0 Å². The Morgan fingerprint density at radius 2 is 2.00 bits per heavy atom. The molecule has 4 N–H and O–H groups in total. The van der Waals surface area contributed by atoms with Crippen molar-refractivity contribution < 1.29 is 17.9 Å². The third-order valence-corrected chi connectivity index (χ3v) is 3.39. The minimum absolute atomic E-state index is 0.116. The van der Waals surface area contributed by atoms with E-state index in [0.29, 0.717) is 21.0 Å². The van der Waals surface area contributed by atoms with Crippen molar-refractivity contribution in [2.45, 2.75) is 16.2 Å². The summed E-state index contributed by atoms with van der Waals surface area (Å²) in [4.78, 5) is 0.499. The predicted octanol–water partition coefficient (Wildman–Crippen LogP) is 1.75. The lowest BCUT2D eigenvalue weighted by Crippen LogP contribution is -2.21. The molecule has 6 nitrogen and oxygen atoms in total. The summed E-state index contributed by atoms with van der Waals surface area (Å²) in [7, 11) is 1.48. The van der Waals surface area contributed by atoms with Gasteiger partial charge in [0, 0.05) is 16.6 Å². The number of nitrogens with two attached hydrogens (primary N) is 2. The third kappa shape index (κ3) is 2.74. The van der Waals surface area contributed by atoms with E-state index in [1.165, 1.54) is 7.11 Å². The molecule has 0 bridgehead atoms. The van der Waals surface area contributed by atoms with E-state index in [-0.39, 0.29) is 5.16 Å². The Kier molecular flexibility index (Phi) is 3.66. The normalized spacial score (nSPS) is 11.6. The zero-order valence-electron chi connectivity index (χ0n) is 10.2. The van der Waals surface area contributed by atoms with Gasteiger partial charge in [-0.25, -0.2) is 4.68 Å². The van der Waals surface area contributed by atoms with E-state index in [1.54, 1.807) is 18.2 Å². The maximum Gasteiger partial charge on any atom is 0.453 e. The third-order valence-electron chi connectivity index (χ3n) is 2.34. The van der Waals surface area contributed by atoms with Crippen LogP contribution in [0.15, 0.2) is 28.3 Å². The fraction of sp³-hybridized carbons (Fsp3) is 0.200. The van der Waals surface area contributed by atoms with E-state index >= 15 is 0 Å². The number of aromatic nitrogens is 3. The summed E-state index contributed by atoms with van der Waals surface area (Å²) < 4.78 is 42.9. The molecule has 0 spiro atoms. The quantitative estimate of drug-likeness (QED) is 0.663. The molecule has 2 aromatic rings. The monoisotopic (exact) mass is 305 g/mol. The van der Waals surface area contributed by atoms with Crippen LogP contribution in [-0.2, 0) is 6.18 Å². The molecule has 1 aromatic carbocycles. The number of nitrogen functional groups attached to an aromatic ring is 2. The highest BCUT2D eigenvalue weighted by Crippen LogP contribution is 2.35. The van der Waals surface area contributed by atoms with Gasteiger partial charge in [0.15, 0.2) is 0 Å². The molecular formula is C10H10F3N5OS. The van der Waals surface area contributed by atoms with Gasteiger partial charge in [-0.15, -0.1) is 10.2 Å². The first-order chi connectivity index (χ1) is 9.32. The Morgan fingerprint density at radius 1 is 1.30 bits per heavy atom. The smallest absolute Gasteiger partial charge is 0.453 e. The fourth-order valence-electron chi connectivity index (χ4n) is 1.38. The zero-order chi connectivity index (χ0) is 14.9. The molecule has 108 valence electrons. The molecule has 20 heavy (non-hydrogen) atoms. The Bertz CT molecular complexity index is 628. The Balaban J connectivity index is 2.29. The van der Waals surface area contributed by atoms with Crippen LogP contribution in [0.2, 0.25) is 0 Å². The van der Waals surface area contributed by atoms with Crippen LogP contribution >= 0.6 is 11.8 Å². The second-order valence-corrected chi connectivity index (χ2v) is 4.69. The molecule has 0 aliphatic heterocycles. The van der Waals surface area contributed by atoms with Gasteiger partial charge in [-0.05, 0) is 23.9 Å². The summed E-state index contributed by atoms with van der Waals surface area (Å²) >= 11 is 0.881. The minimum atomic E-state index is -4.66. The minimum Gasteiger partial charge on any atom is -0.497 e. The lowest BCUT2D eigenvalue weighted by atomic mass is 10.3. The largest absolute Gasteiger partial charge is 0.497 e.